The van der Waals surface area contributed by atoms with Crippen LogP contribution in [0.5, 0.6) is 0 Å². The Morgan fingerprint density at radius 3 is 2.27 bits per heavy atom. The van der Waals surface area contributed by atoms with E-state index in [0.29, 0.717) is 6.42 Å². The Bertz CT molecular complexity index is 156. The minimum absolute atomic E-state index is 0.208. The highest BCUT2D eigenvalue weighted by molar-refractivity contribution is 6.25. The summed E-state index contributed by atoms with van der Waals surface area (Å²) in [5, 5.41) is 0. The number of hydrogen-bond donors (Lipinski definition) is 0. The van der Waals surface area contributed by atoms with Gasteiger partial charge in [0.2, 0.25) is 5.91 Å². The van der Waals surface area contributed by atoms with E-state index < -0.39 is 0 Å². The minimum atomic E-state index is 0.208. The van der Waals surface area contributed by atoms with E-state index in [1.165, 1.54) is 5.54 Å². The molecule has 0 aromatic heterocycles. The molecule has 0 saturated carbocycles. The van der Waals surface area contributed by atoms with E-state index in [0.717, 1.165) is 13.0 Å². The Hall–Kier alpha value is -0.760. The lowest BCUT2D eigenvalue weighted by atomic mass is 10.4. The summed E-state index contributed by atoms with van der Waals surface area (Å²) in [4.78, 5) is 12.3. The first-order valence-corrected chi connectivity index (χ1v) is 3.83. The lowest BCUT2D eigenvalue weighted by Gasteiger charge is -2.05. The molecule has 0 N–H and O–H groups in total. The van der Waals surface area contributed by atoms with Gasteiger partial charge in [0.05, 0.1) is 0 Å². The van der Waals surface area contributed by atoms with Crippen molar-refractivity contribution in [2.45, 2.75) is 12.8 Å². The molecule has 0 atom stereocenters. The van der Waals surface area contributed by atoms with Crippen LogP contribution in [0.3, 0.4) is 0 Å². The lowest BCUT2D eigenvalue weighted by molar-refractivity contribution is -0.125. The third-order valence-electron chi connectivity index (χ3n) is 1.33. The van der Waals surface area contributed by atoms with Crippen LogP contribution in [0.1, 0.15) is 12.8 Å². The Labute approximate surface area is 72.1 Å². The number of halogens is 1. The monoisotopic (exact) mass is 173 g/mol. The molecule has 0 aromatic rings. The second-order valence-electron chi connectivity index (χ2n) is 2.03. The molecule has 0 aromatic carbocycles. The van der Waals surface area contributed by atoms with Crippen molar-refractivity contribution in [3.8, 4) is 0 Å². The van der Waals surface area contributed by atoms with E-state index in [9.17, 15) is 4.79 Å². The average molecular weight is 174 g/mol. The molecule has 1 rings (SSSR count). The van der Waals surface area contributed by atoms with Gasteiger partial charge in [0.15, 0.2) is 0 Å². The average Bonchev–Trinajstić information content (AvgIpc) is 2.36. The molecule has 11 heavy (non-hydrogen) atoms. The molecule has 1 aliphatic heterocycles. The van der Waals surface area contributed by atoms with Crippen molar-refractivity contribution in [1.29, 1.82) is 0 Å². The maximum absolute atomic E-state index is 10.7. The van der Waals surface area contributed by atoms with Gasteiger partial charge < -0.3 is 4.90 Å². The summed E-state index contributed by atoms with van der Waals surface area (Å²) in [5.74, 6) is 0.208. The number of amides is 1. The normalized spacial score (nSPS) is 15.4. The van der Waals surface area contributed by atoms with E-state index in [-0.39, 0.29) is 5.91 Å². The van der Waals surface area contributed by atoms with Crippen molar-refractivity contribution in [2.24, 2.45) is 0 Å². The van der Waals surface area contributed by atoms with Crippen LogP contribution in [0.25, 0.3) is 0 Å². The minimum Gasteiger partial charge on any atom is -0.320 e. The van der Waals surface area contributed by atoms with Crippen LogP contribution in [-0.4, -0.2) is 17.4 Å². The number of carbonyl (C=O) groups excluding carboxylic acids is 1. The zero-order valence-electron chi connectivity index (χ0n) is 6.42. The first-order chi connectivity index (χ1) is 5.26. The van der Waals surface area contributed by atoms with Crippen LogP contribution in [0.15, 0.2) is 24.9 Å². The molecule has 1 fully saturated rings. The molecule has 2 nitrogen and oxygen atoms in total. The summed E-state index contributed by atoms with van der Waals surface area (Å²) in [5.41, 5.74) is 1.22. The molecule has 1 saturated heterocycles. The number of hydrogen-bond acceptors (Lipinski definition) is 1. The predicted molar refractivity (Wildman–Crippen MR) is 47.2 cm³/mol. The molecular formula is C8H12ClNO. The van der Waals surface area contributed by atoms with Crippen molar-refractivity contribution < 1.29 is 4.79 Å². The highest BCUT2D eigenvalue weighted by Gasteiger charge is 2.15. The molecule has 1 heterocycles. The summed E-state index contributed by atoms with van der Waals surface area (Å²) >= 11 is 4.76. The predicted octanol–water partition coefficient (Wildman–Crippen LogP) is 2.12. The van der Waals surface area contributed by atoms with Gasteiger partial charge in [0.25, 0.3) is 0 Å². The highest BCUT2D eigenvalue weighted by Crippen LogP contribution is 2.08. The smallest absolute Gasteiger partial charge is 0.226 e. The van der Waals surface area contributed by atoms with Gasteiger partial charge in [-0.15, -0.1) is 0 Å². The van der Waals surface area contributed by atoms with Gasteiger partial charge in [0, 0.05) is 13.0 Å². The summed E-state index contributed by atoms with van der Waals surface area (Å²) in [6.07, 6.45) is 3.28. The van der Waals surface area contributed by atoms with Crippen LogP contribution in [0, 0.1) is 0 Å². The Balaban J connectivity index is 0.000000292. The first-order valence-electron chi connectivity index (χ1n) is 3.39. The van der Waals surface area contributed by atoms with Gasteiger partial charge in [-0.1, -0.05) is 24.8 Å². The standard InChI is InChI=1S/C6H9NO.C2H3Cl/c1-2-7-5-3-4-6(7)8;1-2-3/h2H,1,3-5H2;2H,1H2. The lowest BCUT2D eigenvalue weighted by Crippen LogP contribution is -2.16. The molecule has 0 bridgehead atoms. The van der Waals surface area contributed by atoms with E-state index in [2.05, 4.69) is 13.2 Å². The second-order valence-corrected chi connectivity index (χ2v) is 2.34. The molecule has 3 heteroatoms. The third-order valence-corrected chi connectivity index (χ3v) is 1.33. The topological polar surface area (TPSA) is 20.3 Å². The quantitative estimate of drug-likeness (QED) is 0.595. The largest absolute Gasteiger partial charge is 0.320 e. The summed E-state index contributed by atoms with van der Waals surface area (Å²) in [7, 11) is 0. The highest BCUT2D eigenvalue weighted by atomic mass is 35.5. The summed E-state index contributed by atoms with van der Waals surface area (Å²) in [6, 6.07) is 0. The Morgan fingerprint density at radius 2 is 2.09 bits per heavy atom. The van der Waals surface area contributed by atoms with Crippen LogP contribution < -0.4 is 0 Å². The molecule has 1 aliphatic rings. The maximum Gasteiger partial charge on any atom is 0.226 e. The maximum atomic E-state index is 10.7. The van der Waals surface area contributed by atoms with Crippen LogP contribution in [-0.2, 0) is 4.79 Å². The van der Waals surface area contributed by atoms with Gasteiger partial charge in [-0.25, -0.2) is 0 Å². The summed E-state index contributed by atoms with van der Waals surface area (Å²) < 4.78 is 0. The molecule has 0 aliphatic carbocycles. The molecule has 0 radical (unpaired) electrons. The zero-order valence-corrected chi connectivity index (χ0v) is 7.18. The molecule has 0 unspecified atom stereocenters. The fourth-order valence-corrected chi connectivity index (χ4v) is 0.862. The second kappa shape index (κ2) is 5.98. The molecule has 62 valence electrons. The van der Waals surface area contributed by atoms with E-state index in [4.69, 9.17) is 11.6 Å². The van der Waals surface area contributed by atoms with E-state index in [1.807, 2.05) is 0 Å². The number of rotatable bonds is 1. The number of likely N-dealkylation sites (tertiary alicyclic amines) is 1. The Kier molecular flexibility index (Phi) is 5.57. The van der Waals surface area contributed by atoms with Crippen molar-refractivity contribution in [1.82, 2.24) is 4.90 Å². The SMILES string of the molecule is C=CCl.C=CN1CCCC1=O. The van der Waals surface area contributed by atoms with Gasteiger partial charge in [-0.3, -0.25) is 4.79 Å². The van der Waals surface area contributed by atoms with Gasteiger partial charge >= 0.3 is 0 Å². The third kappa shape index (κ3) is 3.83. The zero-order chi connectivity index (χ0) is 8.69. The first kappa shape index (κ1) is 10.2. The number of nitrogens with zero attached hydrogens (tertiary/aromatic N) is 1. The molecular weight excluding hydrogens is 162 g/mol. The van der Waals surface area contributed by atoms with Gasteiger partial charge in [-0.05, 0) is 18.2 Å². The fraction of sp³-hybridized carbons (Fsp3) is 0.375. The fourth-order valence-electron chi connectivity index (χ4n) is 0.862. The van der Waals surface area contributed by atoms with Crippen LogP contribution >= 0.6 is 11.6 Å². The van der Waals surface area contributed by atoms with Crippen molar-refractivity contribution in [2.75, 3.05) is 6.54 Å². The van der Waals surface area contributed by atoms with Crippen molar-refractivity contribution in [3.05, 3.63) is 24.9 Å². The number of carbonyl (C=O) groups is 1. The van der Waals surface area contributed by atoms with Crippen LogP contribution in [0.2, 0.25) is 0 Å². The molecule has 1 amide bonds. The molecule has 0 spiro atoms. The van der Waals surface area contributed by atoms with Crippen molar-refractivity contribution >= 4 is 17.5 Å². The van der Waals surface area contributed by atoms with Crippen molar-refractivity contribution in [3.63, 3.8) is 0 Å². The summed E-state index contributed by atoms with van der Waals surface area (Å²) in [6.45, 7) is 7.49. The van der Waals surface area contributed by atoms with E-state index in [1.54, 1.807) is 11.1 Å². The Morgan fingerprint density at radius 1 is 1.55 bits per heavy atom. The van der Waals surface area contributed by atoms with Gasteiger partial charge in [-0.2, -0.15) is 0 Å². The van der Waals surface area contributed by atoms with E-state index >= 15 is 0 Å². The van der Waals surface area contributed by atoms with Crippen LogP contribution in [0.4, 0.5) is 0 Å². The van der Waals surface area contributed by atoms with Gasteiger partial charge in [0.1, 0.15) is 0 Å².